The number of methoxy groups -OCH3 is 1. The molecule has 0 aliphatic heterocycles. The van der Waals surface area contributed by atoms with Crippen molar-refractivity contribution in [3.8, 4) is 0 Å². The van der Waals surface area contributed by atoms with Crippen LogP contribution in [0, 0.1) is 5.92 Å². The van der Waals surface area contributed by atoms with Crippen molar-refractivity contribution < 1.29 is 9.53 Å². The van der Waals surface area contributed by atoms with E-state index in [2.05, 4.69) is 11.7 Å². The largest absolute Gasteiger partial charge is 0.466 e. The second-order valence-electron chi connectivity index (χ2n) is 3.05. The molecule has 62 valence electrons. The molecular formula is C9H14O2. The number of hydrogen-bond donors (Lipinski definition) is 0. The zero-order chi connectivity index (χ0) is 8.27. The molecule has 0 heterocycles. The van der Waals surface area contributed by atoms with Crippen molar-refractivity contribution in [2.75, 3.05) is 7.11 Å². The fraction of sp³-hybridized carbons (Fsp3) is 0.667. The van der Waals surface area contributed by atoms with E-state index in [0.717, 1.165) is 18.4 Å². The Balaban J connectivity index is 2.63. The van der Waals surface area contributed by atoms with E-state index in [-0.39, 0.29) is 5.97 Å². The van der Waals surface area contributed by atoms with Crippen molar-refractivity contribution in [1.82, 2.24) is 0 Å². The lowest BCUT2D eigenvalue weighted by atomic mass is 9.92. The first-order valence-electron chi connectivity index (χ1n) is 4.03. The van der Waals surface area contributed by atoms with E-state index in [4.69, 9.17) is 0 Å². The molecule has 11 heavy (non-hydrogen) atoms. The molecule has 0 aromatic heterocycles. The molecule has 0 fully saturated rings. The monoisotopic (exact) mass is 154 g/mol. The van der Waals surface area contributed by atoms with Crippen LogP contribution in [0.3, 0.4) is 0 Å². The number of carbonyl (C=O) groups excluding carboxylic acids is 1. The second-order valence-corrected chi connectivity index (χ2v) is 3.05. The van der Waals surface area contributed by atoms with Gasteiger partial charge in [-0.15, -0.1) is 0 Å². The lowest BCUT2D eigenvalue weighted by Gasteiger charge is -2.15. The number of rotatable bonds is 1. The first-order valence-corrected chi connectivity index (χ1v) is 4.03. The fourth-order valence-corrected chi connectivity index (χ4v) is 1.43. The van der Waals surface area contributed by atoms with Crippen molar-refractivity contribution in [1.29, 1.82) is 0 Å². The van der Waals surface area contributed by atoms with Crippen LogP contribution in [-0.4, -0.2) is 13.1 Å². The van der Waals surface area contributed by atoms with Gasteiger partial charge in [0, 0.05) is 5.57 Å². The van der Waals surface area contributed by atoms with Gasteiger partial charge in [-0.2, -0.15) is 0 Å². The molecule has 1 unspecified atom stereocenters. The Hall–Kier alpha value is -0.790. The van der Waals surface area contributed by atoms with Gasteiger partial charge in [-0.3, -0.25) is 0 Å². The van der Waals surface area contributed by atoms with Gasteiger partial charge in [0.15, 0.2) is 0 Å². The Labute approximate surface area is 67.2 Å². The summed E-state index contributed by atoms with van der Waals surface area (Å²) in [6, 6.07) is 0. The van der Waals surface area contributed by atoms with Gasteiger partial charge in [-0.1, -0.05) is 13.0 Å². The summed E-state index contributed by atoms with van der Waals surface area (Å²) in [5.74, 6) is 0.384. The molecule has 0 saturated heterocycles. The van der Waals surface area contributed by atoms with Crippen LogP contribution in [0.5, 0.6) is 0 Å². The molecule has 0 amide bonds. The minimum atomic E-state index is -0.156. The molecule has 0 spiro atoms. The lowest BCUT2D eigenvalue weighted by molar-refractivity contribution is -0.136. The number of allylic oxidation sites excluding steroid dienone is 1. The van der Waals surface area contributed by atoms with Crippen LogP contribution in [0.4, 0.5) is 0 Å². The molecule has 2 heteroatoms. The number of carbonyl (C=O) groups is 1. The molecule has 1 rings (SSSR count). The molecule has 0 N–H and O–H groups in total. The van der Waals surface area contributed by atoms with Crippen LogP contribution in [0.1, 0.15) is 26.2 Å². The molecular weight excluding hydrogens is 140 g/mol. The number of ether oxygens (including phenoxy) is 1. The smallest absolute Gasteiger partial charge is 0.333 e. The summed E-state index contributed by atoms with van der Waals surface area (Å²) in [6.07, 6.45) is 5.22. The van der Waals surface area contributed by atoms with Gasteiger partial charge < -0.3 is 4.74 Å². The summed E-state index contributed by atoms with van der Waals surface area (Å²) in [5, 5.41) is 0. The van der Waals surface area contributed by atoms with Crippen LogP contribution in [0.15, 0.2) is 11.6 Å². The van der Waals surface area contributed by atoms with Crippen molar-refractivity contribution in [2.24, 2.45) is 5.92 Å². The van der Waals surface area contributed by atoms with E-state index in [1.807, 2.05) is 6.08 Å². The molecule has 0 radical (unpaired) electrons. The summed E-state index contributed by atoms with van der Waals surface area (Å²) in [7, 11) is 1.43. The van der Waals surface area contributed by atoms with Gasteiger partial charge in [0.25, 0.3) is 0 Å². The fourth-order valence-electron chi connectivity index (χ4n) is 1.43. The van der Waals surface area contributed by atoms with E-state index >= 15 is 0 Å². The Morgan fingerprint density at radius 2 is 2.45 bits per heavy atom. The Bertz CT molecular complexity index is 182. The van der Waals surface area contributed by atoms with Gasteiger partial charge >= 0.3 is 5.97 Å². The van der Waals surface area contributed by atoms with Crippen molar-refractivity contribution in [2.45, 2.75) is 26.2 Å². The maximum atomic E-state index is 11.0. The van der Waals surface area contributed by atoms with Crippen LogP contribution >= 0.6 is 0 Å². The van der Waals surface area contributed by atoms with E-state index in [1.165, 1.54) is 13.5 Å². The van der Waals surface area contributed by atoms with Crippen molar-refractivity contribution >= 4 is 5.97 Å². The standard InChI is InChI=1S/C9H14O2/c1-7-4-3-5-8(6-7)9(10)11-2/h6-7H,3-5H2,1-2H3. The van der Waals surface area contributed by atoms with Gasteiger partial charge in [-0.25, -0.2) is 4.79 Å². The van der Waals surface area contributed by atoms with Gasteiger partial charge in [0.2, 0.25) is 0 Å². The first-order chi connectivity index (χ1) is 5.24. The molecule has 0 saturated carbocycles. The van der Waals surface area contributed by atoms with E-state index in [1.54, 1.807) is 0 Å². The Kier molecular flexibility index (Phi) is 2.69. The summed E-state index contributed by atoms with van der Waals surface area (Å²) in [5.41, 5.74) is 0.853. The third kappa shape index (κ3) is 2.07. The van der Waals surface area contributed by atoms with Crippen LogP contribution in [-0.2, 0) is 9.53 Å². The summed E-state index contributed by atoms with van der Waals surface area (Å²) < 4.78 is 4.63. The van der Waals surface area contributed by atoms with Crippen LogP contribution in [0.25, 0.3) is 0 Å². The third-order valence-electron chi connectivity index (χ3n) is 2.04. The molecule has 2 nitrogen and oxygen atoms in total. The number of hydrogen-bond acceptors (Lipinski definition) is 2. The van der Waals surface area contributed by atoms with Crippen molar-refractivity contribution in [3.05, 3.63) is 11.6 Å². The topological polar surface area (TPSA) is 26.3 Å². The predicted molar refractivity (Wildman–Crippen MR) is 43.1 cm³/mol. The maximum absolute atomic E-state index is 11.0. The summed E-state index contributed by atoms with van der Waals surface area (Å²) in [6.45, 7) is 2.13. The highest BCUT2D eigenvalue weighted by atomic mass is 16.5. The minimum Gasteiger partial charge on any atom is -0.466 e. The highest BCUT2D eigenvalue weighted by Gasteiger charge is 2.15. The maximum Gasteiger partial charge on any atom is 0.333 e. The van der Waals surface area contributed by atoms with Gasteiger partial charge in [0.1, 0.15) is 0 Å². The average molecular weight is 154 g/mol. The zero-order valence-electron chi connectivity index (χ0n) is 7.09. The normalized spacial score (nSPS) is 24.2. The highest BCUT2D eigenvalue weighted by molar-refractivity contribution is 5.88. The number of esters is 1. The molecule has 0 bridgehead atoms. The van der Waals surface area contributed by atoms with E-state index < -0.39 is 0 Å². The molecule has 0 aromatic carbocycles. The molecule has 0 aromatic rings. The molecule has 1 aliphatic carbocycles. The zero-order valence-corrected chi connectivity index (χ0v) is 7.09. The lowest BCUT2D eigenvalue weighted by Crippen LogP contribution is -2.10. The molecule has 1 aliphatic rings. The van der Waals surface area contributed by atoms with Crippen LogP contribution < -0.4 is 0 Å². The van der Waals surface area contributed by atoms with Crippen LogP contribution in [0.2, 0.25) is 0 Å². The summed E-state index contributed by atoms with van der Waals surface area (Å²) >= 11 is 0. The first kappa shape index (κ1) is 8.31. The van der Waals surface area contributed by atoms with Gasteiger partial charge in [0.05, 0.1) is 7.11 Å². The van der Waals surface area contributed by atoms with Gasteiger partial charge in [-0.05, 0) is 25.2 Å². The Morgan fingerprint density at radius 1 is 1.73 bits per heavy atom. The van der Waals surface area contributed by atoms with E-state index in [0.29, 0.717) is 5.92 Å². The third-order valence-corrected chi connectivity index (χ3v) is 2.04. The second kappa shape index (κ2) is 3.56. The summed E-state index contributed by atoms with van der Waals surface area (Å²) in [4.78, 5) is 11.0. The average Bonchev–Trinajstić information content (AvgIpc) is 2.03. The quantitative estimate of drug-likeness (QED) is 0.539. The SMILES string of the molecule is COC(=O)C1=CC(C)CCC1. The van der Waals surface area contributed by atoms with E-state index in [9.17, 15) is 4.79 Å². The minimum absolute atomic E-state index is 0.156. The highest BCUT2D eigenvalue weighted by Crippen LogP contribution is 2.22. The molecule has 1 atom stereocenters. The van der Waals surface area contributed by atoms with Crippen molar-refractivity contribution in [3.63, 3.8) is 0 Å². The predicted octanol–water partition coefficient (Wildman–Crippen LogP) is 1.91. The Morgan fingerprint density at radius 3 is 3.00 bits per heavy atom.